The van der Waals surface area contributed by atoms with Gasteiger partial charge >= 0.3 is 0 Å². The van der Waals surface area contributed by atoms with Crippen molar-refractivity contribution in [3.63, 3.8) is 0 Å². The van der Waals surface area contributed by atoms with Gasteiger partial charge in [-0.3, -0.25) is 0 Å². The highest BCUT2D eigenvalue weighted by atomic mass is 35.5. The van der Waals surface area contributed by atoms with Crippen LogP contribution in [0.4, 0.5) is 5.82 Å². The van der Waals surface area contributed by atoms with Gasteiger partial charge in [0.1, 0.15) is 12.3 Å². The lowest BCUT2D eigenvalue weighted by Gasteiger charge is -2.18. The van der Waals surface area contributed by atoms with Crippen molar-refractivity contribution in [3.05, 3.63) is 23.4 Å². The van der Waals surface area contributed by atoms with E-state index in [1.807, 2.05) is 6.92 Å². The third kappa shape index (κ3) is 1.85. The van der Waals surface area contributed by atoms with E-state index in [0.29, 0.717) is 17.3 Å². The fourth-order valence-corrected chi connectivity index (χ4v) is 1.75. The molecule has 0 radical (unpaired) electrons. The first-order valence-electron chi connectivity index (χ1n) is 4.61. The van der Waals surface area contributed by atoms with Crippen molar-refractivity contribution in [1.29, 1.82) is 0 Å². The largest absolute Gasteiger partial charge is 0.301 e. The quantitative estimate of drug-likeness (QED) is 0.720. The molecule has 0 amide bonds. The lowest BCUT2D eigenvalue weighted by Crippen LogP contribution is -2.28. The standard InChI is InChI=1S/C10H10ClN3O/c1-7-5-8(6-15)14(13-7)10-9(11)3-2-4-12-10/h2-4,6,8H,5H2,1H3. The zero-order chi connectivity index (χ0) is 10.8. The lowest BCUT2D eigenvalue weighted by molar-refractivity contribution is -0.108. The van der Waals surface area contributed by atoms with Crippen LogP contribution in [0.25, 0.3) is 0 Å². The van der Waals surface area contributed by atoms with Gasteiger partial charge in [0.2, 0.25) is 0 Å². The fourth-order valence-electron chi connectivity index (χ4n) is 1.54. The number of nitrogens with zero attached hydrogens (tertiary/aromatic N) is 3. The minimum Gasteiger partial charge on any atom is -0.301 e. The summed E-state index contributed by atoms with van der Waals surface area (Å²) in [5, 5.41) is 6.32. The number of rotatable bonds is 2. The zero-order valence-electron chi connectivity index (χ0n) is 8.22. The fraction of sp³-hybridized carbons (Fsp3) is 0.300. The van der Waals surface area contributed by atoms with Gasteiger partial charge in [-0.15, -0.1) is 0 Å². The Hall–Kier alpha value is -1.42. The third-order valence-electron chi connectivity index (χ3n) is 2.21. The number of hydrogen-bond donors (Lipinski definition) is 0. The van der Waals surface area contributed by atoms with Crippen LogP contribution >= 0.6 is 11.6 Å². The summed E-state index contributed by atoms with van der Waals surface area (Å²) in [5.41, 5.74) is 0.911. The molecule has 1 unspecified atom stereocenters. The average molecular weight is 224 g/mol. The molecule has 0 N–H and O–H groups in total. The Morgan fingerprint density at radius 3 is 3.13 bits per heavy atom. The van der Waals surface area contributed by atoms with Gasteiger partial charge in [0.25, 0.3) is 0 Å². The van der Waals surface area contributed by atoms with E-state index in [2.05, 4.69) is 10.1 Å². The third-order valence-corrected chi connectivity index (χ3v) is 2.51. The highest BCUT2D eigenvalue weighted by molar-refractivity contribution is 6.33. The number of halogens is 1. The predicted octanol–water partition coefficient (Wildman–Crippen LogP) is 1.89. The summed E-state index contributed by atoms with van der Waals surface area (Å²) in [6, 6.07) is 3.20. The molecule has 5 heteroatoms. The van der Waals surface area contributed by atoms with Crippen LogP contribution in [0.3, 0.4) is 0 Å². The number of carbonyl (C=O) groups is 1. The second kappa shape index (κ2) is 3.98. The Kier molecular flexibility index (Phi) is 2.68. The van der Waals surface area contributed by atoms with Crippen LogP contribution in [-0.4, -0.2) is 23.0 Å². The Morgan fingerprint density at radius 1 is 1.67 bits per heavy atom. The van der Waals surface area contributed by atoms with Gasteiger partial charge in [0, 0.05) is 18.3 Å². The van der Waals surface area contributed by atoms with E-state index >= 15 is 0 Å². The maximum Gasteiger partial charge on any atom is 0.168 e. The molecule has 1 aliphatic rings. The molecule has 15 heavy (non-hydrogen) atoms. The van der Waals surface area contributed by atoms with E-state index in [4.69, 9.17) is 11.6 Å². The van der Waals surface area contributed by atoms with Crippen LogP contribution < -0.4 is 5.01 Å². The summed E-state index contributed by atoms with van der Waals surface area (Å²) in [6.45, 7) is 1.88. The molecule has 2 heterocycles. The Morgan fingerprint density at radius 2 is 2.47 bits per heavy atom. The summed E-state index contributed by atoms with van der Waals surface area (Å²) >= 11 is 5.98. The van der Waals surface area contributed by atoms with Crippen molar-refractivity contribution in [3.8, 4) is 0 Å². The van der Waals surface area contributed by atoms with Crippen molar-refractivity contribution in [2.24, 2.45) is 5.10 Å². The van der Waals surface area contributed by atoms with E-state index in [9.17, 15) is 4.79 Å². The molecule has 1 aromatic rings. The van der Waals surface area contributed by atoms with Crippen LogP contribution in [0.15, 0.2) is 23.4 Å². The monoisotopic (exact) mass is 223 g/mol. The SMILES string of the molecule is CC1=NN(c2ncccc2Cl)C(C=O)C1. The van der Waals surface area contributed by atoms with Crippen molar-refractivity contribution >= 4 is 29.4 Å². The van der Waals surface area contributed by atoms with Gasteiger partial charge < -0.3 is 4.79 Å². The molecule has 78 valence electrons. The Labute approximate surface area is 92.6 Å². The highest BCUT2D eigenvalue weighted by Crippen LogP contribution is 2.27. The molecule has 0 saturated heterocycles. The lowest BCUT2D eigenvalue weighted by atomic mass is 10.2. The summed E-state index contributed by atoms with van der Waals surface area (Å²) in [4.78, 5) is 15.0. The summed E-state index contributed by atoms with van der Waals surface area (Å²) < 4.78 is 0. The van der Waals surface area contributed by atoms with Crippen LogP contribution in [0, 0.1) is 0 Å². The molecule has 1 aliphatic heterocycles. The van der Waals surface area contributed by atoms with Gasteiger partial charge in [0.05, 0.1) is 5.02 Å². The van der Waals surface area contributed by atoms with Gasteiger partial charge in [-0.25, -0.2) is 9.99 Å². The van der Waals surface area contributed by atoms with Gasteiger partial charge in [0.15, 0.2) is 5.82 Å². The van der Waals surface area contributed by atoms with Crippen molar-refractivity contribution in [2.75, 3.05) is 5.01 Å². The van der Waals surface area contributed by atoms with E-state index in [1.54, 1.807) is 23.3 Å². The first kappa shape index (κ1) is 10.1. The number of aromatic nitrogens is 1. The normalized spacial score (nSPS) is 20.3. The minimum atomic E-state index is -0.280. The number of hydrogen-bond acceptors (Lipinski definition) is 4. The molecular weight excluding hydrogens is 214 g/mol. The molecule has 0 aliphatic carbocycles. The Balaban J connectivity index is 2.38. The molecule has 0 spiro atoms. The van der Waals surface area contributed by atoms with Crippen LogP contribution in [0.5, 0.6) is 0 Å². The van der Waals surface area contributed by atoms with Crippen LogP contribution in [-0.2, 0) is 4.79 Å². The summed E-state index contributed by atoms with van der Waals surface area (Å²) in [5.74, 6) is 0.535. The predicted molar refractivity (Wildman–Crippen MR) is 59.3 cm³/mol. The molecule has 4 nitrogen and oxygen atoms in total. The minimum absolute atomic E-state index is 0.280. The molecular formula is C10H10ClN3O. The Bertz CT molecular complexity index is 419. The maximum absolute atomic E-state index is 10.9. The number of hydrazone groups is 1. The van der Waals surface area contributed by atoms with Gasteiger partial charge in [-0.1, -0.05) is 11.6 Å². The van der Waals surface area contributed by atoms with Crippen molar-refractivity contribution < 1.29 is 4.79 Å². The number of aldehydes is 1. The zero-order valence-corrected chi connectivity index (χ0v) is 8.98. The summed E-state index contributed by atoms with van der Waals surface area (Å²) in [6.07, 6.45) is 3.13. The highest BCUT2D eigenvalue weighted by Gasteiger charge is 2.27. The molecule has 1 atom stereocenters. The summed E-state index contributed by atoms with van der Waals surface area (Å²) in [7, 11) is 0. The number of anilines is 1. The van der Waals surface area contributed by atoms with Crippen molar-refractivity contribution in [1.82, 2.24) is 4.98 Å². The molecule has 0 bridgehead atoms. The smallest absolute Gasteiger partial charge is 0.168 e. The van der Waals surface area contributed by atoms with Gasteiger partial charge in [-0.2, -0.15) is 5.10 Å². The second-order valence-corrected chi connectivity index (χ2v) is 3.80. The first-order chi connectivity index (χ1) is 7.22. The van der Waals surface area contributed by atoms with Crippen molar-refractivity contribution in [2.45, 2.75) is 19.4 Å². The van der Waals surface area contributed by atoms with E-state index in [0.717, 1.165) is 12.0 Å². The van der Waals surface area contributed by atoms with E-state index in [1.165, 1.54) is 0 Å². The van der Waals surface area contributed by atoms with E-state index < -0.39 is 0 Å². The number of carbonyl (C=O) groups excluding carboxylic acids is 1. The van der Waals surface area contributed by atoms with Crippen LogP contribution in [0.2, 0.25) is 5.02 Å². The molecule has 2 rings (SSSR count). The number of pyridine rings is 1. The maximum atomic E-state index is 10.9. The average Bonchev–Trinajstić information content (AvgIpc) is 2.60. The first-order valence-corrected chi connectivity index (χ1v) is 4.99. The molecule has 0 aromatic carbocycles. The second-order valence-electron chi connectivity index (χ2n) is 3.40. The molecule has 0 fully saturated rings. The van der Waals surface area contributed by atoms with Crippen LogP contribution in [0.1, 0.15) is 13.3 Å². The topological polar surface area (TPSA) is 45.6 Å². The molecule has 1 aromatic heterocycles. The van der Waals surface area contributed by atoms with Gasteiger partial charge in [-0.05, 0) is 19.1 Å². The molecule has 0 saturated carbocycles. The van der Waals surface area contributed by atoms with E-state index in [-0.39, 0.29) is 6.04 Å².